The van der Waals surface area contributed by atoms with Crippen LogP contribution in [0.15, 0.2) is 18.3 Å². The molecule has 3 rings (SSSR count). The molecule has 1 aromatic rings. The van der Waals surface area contributed by atoms with Gasteiger partial charge in [0.05, 0.1) is 18.7 Å². The third-order valence-corrected chi connectivity index (χ3v) is 4.39. The summed E-state index contributed by atoms with van der Waals surface area (Å²) in [5, 5.41) is 0. The van der Waals surface area contributed by atoms with E-state index in [-0.39, 0.29) is 19.1 Å². The van der Waals surface area contributed by atoms with Crippen LogP contribution in [-0.2, 0) is 4.74 Å². The van der Waals surface area contributed by atoms with E-state index in [1.165, 1.54) is 11.1 Å². The number of hydrogen-bond donors (Lipinski definition) is 0. The van der Waals surface area contributed by atoms with Gasteiger partial charge in [-0.15, -0.1) is 0 Å². The Balaban J connectivity index is 1.66. The number of likely N-dealkylation sites (tertiary alicyclic amines) is 1. The van der Waals surface area contributed by atoms with Crippen molar-refractivity contribution in [3.8, 4) is 0 Å². The molecule has 0 saturated carbocycles. The molecular weight excluding hydrogens is 323 g/mol. The van der Waals surface area contributed by atoms with Crippen LogP contribution < -0.4 is 4.90 Å². The Morgan fingerprint density at radius 1 is 1.17 bits per heavy atom. The van der Waals surface area contributed by atoms with Gasteiger partial charge in [0.25, 0.3) is 5.91 Å². The number of pyridine rings is 1. The fraction of sp³-hybridized carbons (Fsp3) is 0.625. The third kappa shape index (κ3) is 3.80. The highest BCUT2D eigenvalue weighted by molar-refractivity contribution is 5.94. The lowest BCUT2D eigenvalue weighted by Crippen LogP contribution is -2.49. The van der Waals surface area contributed by atoms with Crippen molar-refractivity contribution in [3.05, 3.63) is 23.9 Å². The minimum absolute atomic E-state index is 0.000314. The first-order chi connectivity index (χ1) is 11.4. The first kappa shape index (κ1) is 17.0. The molecule has 0 N–H and O–H groups in total. The zero-order valence-electron chi connectivity index (χ0n) is 13.3. The van der Waals surface area contributed by atoms with Gasteiger partial charge in [0.2, 0.25) is 0 Å². The van der Waals surface area contributed by atoms with Gasteiger partial charge in [0.15, 0.2) is 6.10 Å². The van der Waals surface area contributed by atoms with Gasteiger partial charge < -0.3 is 14.5 Å². The summed E-state index contributed by atoms with van der Waals surface area (Å²) in [6.07, 6.45) is -1.60. The molecule has 1 aromatic heterocycles. The van der Waals surface area contributed by atoms with Crippen molar-refractivity contribution in [2.45, 2.75) is 31.5 Å². The number of amides is 1. The molecule has 3 heterocycles. The predicted molar refractivity (Wildman–Crippen MR) is 82.0 cm³/mol. The number of ether oxygens (including phenoxy) is 1. The Morgan fingerprint density at radius 3 is 2.54 bits per heavy atom. The van der Waals surface area contributed by atoms with E-state index in [0.29, 0.717) is 17.9 Å². The summed E-state index contributed by atoms with van der Waals surface area (Å²) in [5.41, 5.74) is 0.473. The number of carbonyl (C=O) groups is 1. The van der Waals surface area contributed by atoms with Crippen LogP contribution in [0.25, 0.3) is 0 Å². The molecule has 2 saturated heterocycles. The summed E-state index contributed by atoms with van der Waals surface area (Å²) < 4.78 is 43.1. The van der Waals surface area contributed by atoms with E-state index < -0.39 is 12.3 Å². The van der Waals surface area contributed by atoms with Crippen LogP contribution in [0.2, 0.25) is 0 Å². The second kappa shape index (κ2) is 6.96. The van der Waals surface area contributed by atoms with E-state index in [4.69, 9.17) is 4.74 Å². The van der Waals surface area contributed by atoms with E-state index in [0.717, 1.165) is 32.4 Å². The van der Waals surface area contributed by atoms with Gasteiger partial charge in [-0.1, -0.05) is 0 Å². The molecule has 2 aliphatic rings. The average molecular weight is 343 g/mol. The van der Waals surface area contributed by atoms with Gasteiger partial charge in [-0.2, -0.15) is 13.2 Å². The van der Waals surface area contributed by atoms with E-state index in [2.05, 4.69) is 4.98 Å². The molecule has 1 atom stereocenters. The van der Waals surface area contributed by atoms with Crippen LogP contribution in [0, 0.1) is 0 Å². The molecule has 5 nitrogen and oxygen atoms in total. The fourth-order valence-corrected chi connectivity index (χ4v) is 3.03. The molecule has 132 valence electrons. The Bertz CT molecular complexity index is 571. The number of carbonyl (C=O) groups excluding carboxylic acids is 1. The standard InChI is InChI=1S/C16H20F3N3O2/c17-16(18,19)13-11-22(8-9-24-13)14-5-4-12(10-20-14)15(23)21-6-2-1-3-7-21/h4-5,10,13H,1-3,6-9,11H2/t13-/m0/s1. The van der Waals surface area contributed by atoms with Crippen molar-refractivity contribution < 1.29 is 22.7 Å². The molecule has 0 unspecified atom stereocenters. The molecule has 8 heteroatoms. The summed E-state index contributed by atoms with van der Waals surface area (Å²) in [4.78, 5) is 19.9. The molecule has 2 aliphatic heterocycles. The largest absolute Gasteiger partial charge is 0.416 e. The lowest BCUT2D eigenvalue weighted by molar-refractivity contribution is -0.221. The van der Waals surface area contributed by atoms with Gasteiger partial charge in [-0.05, 0) is 31.4 Å². The van der Waals surface area contributed by atoms with Crippen LogP contribution >= 0.6 is 0 Å². The van der Waals surface area contributed by atoms with Crippen molar-refractivity contribution in [1.29, 1.82) is 0 Å². The molecule has 24 heavy (non-hydrogen) atoms. The van der Waals surface area contributed by atoms with Crippen LogP contribution in [0.1, 0.15) is 29.6 Å². The third-order valence-electron chi connectivity index (χ3n) is 4.39. The van der Waals surface area contributed by atoms with E-state index in [1.54, 1.807) is 17.0 Å². The van der Waals surface area contributed by atoms with Gasteiger partial charge in [0, 0.05) is 25.8 Å². The maximum absolute atomic E-state index is 12.8. The number of nitrogens with zero attached hydrogens (tertiary/aromatic N) is 3. The number of halogens is 3. The highest BCUT2D eigenvalue weighted by Crippen LogP contribution is 2.27. The van der Waals surface area contributed by atoms with Crippen molar-refractivity contribution in [2.24, 2.45) is 0 Å². The van der Waals surface area contributed by atoms with Crippen molar-refractivity contribution >= 4 is 11.7 Å². The first-order valence-corrected chi connectivity index (χ1v) is 8.14. The van der Waals surface area contributed by atoms with Gasteiger partial charge in [0.1, 0.15) is 5.82 Å². The van der Waals surface area contributed by atoms with Crippen LogP contribution in [-0.4, -0.2) is 60.9 Å². The highest BCUT2D eigenvalue weighted by Gasteiger charge is 2.43. The summed E-state index contributed by atoms with van der Waals surface area (Å²) in [5.74, 6) is 0.367. The van der Waals surface area contributed by atoms with Crippen LogP contribution in [0.5, 0.6) is 0 Å². The summed E-state index contributed by atoms with van der Waals surface area (Å²) in [7, 11) is 0. The average Bonchev–Trinajstić information content (AvgIpc) is 2.61. The fourth-order valence-electron chi connectivity index (χ4n) is 3.03. The zero-order chi connectivity index (χ0) is 17.2. The molecule has 0 bridgehead atoms. The highest BCUT2D eigenvalue weighted by atomic mass is 19.4. The molecular formula is C16H20F3N3O2. The molecule has 0 aromatic carbocycles. The van der Waals surface area contributed by atoms with E-state index >= 15 is 0 Å². The summed E-state index contributed by atoms with van der Waals surface area (Å²) in [6.45, 7) is 1.56. The minimum atomic E-state index is -4.39. The number of alkyl halides is 3. The zero-order valence-corrected chi connectivity index (χ0v) is 13.3. The van der Waals surface area contributed by atoms with Crippen molar-refractivity contribution in [3.63, 3.8) is 0 Å². The monoisotopic (exact) mass is 343 g/mol. The quantitative estimate of drug-likeness (QED) is 0.828. The van der Waals surface area contributed by atoms with Crippen molar-refractivity contribution in [2.75, 3.05) is 37.7 Å². The second-order valence-electron chi connectivity index (χ2n) is 6.10. The van der Waals surface area contributed by atoms with Gasteiger partial charge in [-0.25, -0.2) is 4.98 Å². The Kier molecular flexibility index (Phi) is 4.93. The van der Waals surface area contributed by atoms with Gasteiger partial charge >= 0.3 is 6.18 Å². The van der Waals surface area contributed by atoms with E-state index in [9.17, 15) is 18.0 Å². The number of morpholine rings is 1. The summed E-state index contributed by atoms with van der Waals surface area (Å²) >= 11 is 0. The lowest BCUT2D eigenvalue weighted by atomic mass is 10.1. The first-order valence-electron chi connectivity index (χ1n) is 8.14. The Morgan fingerprint density at radius 2 is 1.92 bits per heavy atom. The number of piperidine rings is 1. The predicted octanol–water partition coefficient (Wildman–Crippen LogP) is 2.48. The molecule has 2 fully saturated rings. The molecule has 0 radical (unpaired) electrons. The molecule has 0 aliphatic carbocycles. The second-order valence-corrected chi connectivity index (χ2v) is 6.10. The van der Waals surface area contributed by atoms with Crippen LogP contribution in [0.3, 0.4) is 0 Å². The number of aromatic nitrogens is 1. The SMILES string of the molecule is O=C(c1ccc(N2CCO[C@H](C(F)(F)F)C2)nc1)N1CCCCC1. The number of hydrogen-bond acceptors (Lipinski definition) is 4. The smallest absolute Gasteiger partial charge is 0.365 e. The topological polar surface area (TPSA) is 45.7 Å². The Hall–Kier alpha value is -1.83. The van der Waals surface area contributed by atoms with Crippen molar-refractivity contribution in [1.82, 2.24) is 9.88 Å². The molecule has 1 amide bonds. The van der Waals surface area contributed by atoms with Gasteiger partial charge in [-0.3, -0.25) is 4.79 Å². The van der Waals surface area contributed by atoms with Crippen LogP contribution in [0.4, 0.5) is 19.0 Å². The lowest BCUT2D eigenvalue weighted by Gasteiger charge is -2.34. The summed E-state index contributed by atoms with van der Waals surface area (Å²) in [6, 6.07) is 3.24. The maximum atomic E-state index is 12.8. The maximum Gasteiger partial charge on any atom is 0.416 e. The van der Waals surface area contributed by atoms with E-state index in [1.807, 2.05) is 0 Å². The molecule has 0 spiro atoms. The minimum Gasteiger partial charge on any atom is -0.365 e. The number of rotatable bonds is 2. The normalized spacial score (nSPS) is 22.5. The number of anilines is 1. The Labute approximate surface area is 138 Å².